The van der Waals surface area contributed by atoms with E-state index in [1.54, 1.807) is 6.33 Å². The van der Waals surface area contributed by atoms with Gasteiger partial charge >= 0.3 is 0 Å². The van der Waals surface area contributed by atoms with Gasteiger partial charge in [-0.2, -0.15) is 0 Å². The van der Waals surface area contributed by atoms with Crippen LogP contribution in [-0.2, 0) is 6.42 Å². The average Bonchev–Trinajstić information content (AvgIpc) is 3.23. The molecule has 5 nitrogen and oxygen atoms in total. The van der Waals surface area contributed by atoms with Crippen molar-refractivity contribution in [1.29, 1.82) is 0 Å². The van der Waals surface area contributed by atoms with E-state index in [1.807, 2.05) is 0 Å². The summed E-state index contributed by atoms with van der Waals surface area (Å²) in [5.41, 5.74) is 5.49. The van der Waals surface area contributed by atoms with Crippen molar-refractivity contribution in [1.82, 2.24) is 14.9 Å². The smallest absolute Gasteiger partial charge is 0.224 e. The minimum absolute atomic E-state index is 0.242. The molecular weight excluding hydrogens is 338 g/mol. The van der Waals surface area contributed by atoms with Gasteiger partial charge in [0.1, 0.15) is 12.4 Å². The van der Waals surface area contributed by atoms with E-state index >= 15 is 0 Å². The third kappa shape index (κ3) is 3.29. The first kappa shape index (κ1) is 18.9. The average molecular weight is 372 g/mol. The molecule has 1 aromatic heterocycles. The number of rotatable bonds is 6. The standard InChI is InChI=1S/C22H33N3O2/c1-4-22(25(2)3)10-7-17(8-11-22)27-21-20-18(23-14-24-21)13-16-6-5-15(9-12-26)19(16)20/h14-15,17,26H,4-13H2,1-3H3/t15-,17-,22-/m1/s1. The Bertz CT molecular complexity index is 720. The maximum atomic E-state index is 9.45. The predicted octanol–water partition coefficient (Wildman–Crippen LogP) is 3.61. The van der Waals surface area contributed by atoms with Gasteiger partial charge in [0.15, 0.2) is 0 Å². The molecule has 1 atom stereocenters. The second-order valence-corrected chi connectivity index (χ2v) is 8.73. The summed E-state index contributed by atoms with van der Waals surface area (Å²) in [4.78, 5) is 11.5. The fraction of sp³-hybridized carbons (Fsp3) is 0.727. The molecule has 1 fully saturated rings. The highest BCUT2D eigenvalue weighted by atomic mass is 16.5. The molecule has 0 radical (unpaired) electrons. The van der Waals surface area contributed by atoms with Gasteiger partial charge in [0, 0.05) is 18.6 Å². The molecule has 1 aromatic rings. The third-order valence-corrected chi connectivity index (χ3v) is 7.35. The van der Waals surface area contributed by atoms with Crippen molar-refractivity contribution in [3.63, 3.8) is 0 Å². The molecule has 3 aliphatic carbocycles. The summed E-state index contributed by atoms with van der Waals surface area (Å²) < 4.78 is 6.48. The van der Waals surface area contributed by atoms with Crippen molar-refractivity contribution in [3.05, 3.63) is 23.2 Å². The molecule has 0 amide bonds. The van der Waals surface area contributed by atoms with Crippen LogP contribution in [0.4, 0.5) is 0 Å². The molecule has 4 rings (SSSR count). The molecular formula is C22H33N3O2. The second-order valence-electron chi connectivity index (χ2n) is 8.73. The monoisotopic (exact) mass is 371 g/mol. The highest BCUT2D eigenvalue weighted by Gasteiger charge is 2.39. The van der Waals surface area contributed by atoms with E-state index in [-0.39, 0.29) is 12.7 Å². The Kier molecular flexibility index (Phi) is 5.26. The van der Waals surface area contributed by atoms with Gasteiger partial charge in [0.25, 0.3) is 0 Å². The van der Waals surface area contributed by atoms with E-state index in [9.17, 15) is 5.11 Å². The number of ether oxygens (including phenoxy) is 1. The van der Waals surface area contributed by atoms with Crippen molar-refractivity contribution >= 4 is 5.57 Å². The van der Waals surface area contributed by atoms with Gasteiger partial charge in [-0.05, 0) is 77.0 Å². The lowest BCUT2D eigenvalue weighted by Crippen LogP contribution is -2.48. The Morgan fingerprint density at radius 2 is 2.00 bits per heavy atom. The van der Waals surface area contributed by atoms with E-state index in [1.165, 1.54) is 30.4 Å². The summed E-state index contributed by atoms with van der Waals surface area (Å²) in [5.74, 6) is 1.22. The van der Waals surface area contributed by atoms with Crippen molar-refractivity contribution in [2.75, 3.05) is 20.7 Å². The molecule has 5 heteroatoms. The molecule has 0 saturated heterocycles. The van der Waals surface area contributed by atoms with Crippen LogP contribution in [0.15, 0.2) is 11.9 Å². The molecule has 1 N–H and O–H groups in total. The number of allylic oxidation sites excluding steroid dienone is 2. The van der Waals surface area contributed by atoms with Crippen LogP contribution in [-0.4, -0.2) is 52.3 Å². The zero-order valence-electron chi connectivity index (χ0n) is 17.0. The topological polar surface area (TPSA) is 58.5 Å². The Morgan fingerprint density at radius 1 is 1.22 bits per heavy atom. The van der Waals surface area contributed by atoms with Crippen LogP contribution < -0.4 is 4.74 Å². The van der Waals surface area contributed by atoms with Crippen LogP contribution in [0.25, 0.3) is 5.57 Å². The van der Waals surface area contributed by atoms with Crippen LogP contribution in [0, 0.1) is 5.92 Å². The first-order valence-corrected chi connectivity index (χ1v) is 10.6. The third-order valence-electron chi connectivity index (χ3n) is 7.35. The van der Waals surface area contributed by atoms with Crippen LogP contribution >= 0.6 is 0 Å². The summed E-state index contributed by atoms with van der Waals surface area (Å²) >= 11 is 0. The minimum Gasteiger partial charge on any atom is -0.474 e. The maximum absolute atomic E-state index is 9.45. The Hall–Kier alpha value is -1.46. The van der Waals surface area contributed by atoms with E-state index in [4.69, 9.17) is 4.74 Å². The lowest BCUT2D eigenvalue weighted by atomic mass is 9.77. The largest absolute Gasteiger partial charge is 0.474 e. The molecule has 0 spiro atoms. The van der Waals surface area contributed by atoms with E-state index in [2.05, 4.69) is 35.9 Å². The second kappa shape index (κ2) is 7.51. The Balaban J connectivity index is 1.52. The van der Waals surface area contributed by atoms with Gasteiger partial charge in [0.05, 0.1) is 11.3 Å². The van der Waals surface area contributed by atoms with Crippen molar-refractivity contribution in [3.8, 4) is 5.88 Å². The van der Waals surface area contributed by atoms with Crippen molar-refractivity contribution < 1.29 is 9.84 Å². The summed E-state index contributed by atoms with van der Waals surface area (Å²) in [7, 11) is 4.41. The van der Waals surface area contributed by atoms with E-state index in [0.29, 0.717) is 11.5 Å². The molecule has 0 aliphatic heterocycles. The molecule has 0 unspecified atom stereocenters. The van der Waals surface area contributed by atoms with Gasteiger partial charge in [-0.25, -0.2) is 9.97 Å². The molecule has 1 heterocycles. The van der Waals surface area contributed by atoms with Crippen LogP contribution in [0.3, 0.4) is 0 Å². The molecule has 0 aromatic carbocycles. The van der Waals surface area contributed by atoms with Gasteiger partial charge < -0.3 is 14.7 Å². The molecule has 27 heavy (non-hydrogen) atoms. The van der Waals surface area contributed by atoms with Crippen LogP contribution in [0.2, 0.25) is 0 Å². The summed E-state index contributed by atoms with van der Waals surface area (Å²) in [6, 6.07) is 0. The van der Waals surface area contributed by atoms with Gasteiger partial charge in [-0.3, -0.25) is 0 Å². The Morgan fingerprint density at radius 3 is 2.67 bits per heavy atom. The lowest BCUT2D eigenvalue weighted by Gasteiger charge is -2.44. The molecule has 1 saturated carbocycles. The number of hydrogen-bond acceptors (Lipinski definition) is 5. The number of fused-ring (bicyclic) bond motifs is 2. The van der Waals surface area contributed by atoms with Gasteiger partial charge in [0.2, 0.25) is 5.88 Å². The lowest BCUT2D eigenvalue weighted by molar-refractivity contribution is 0.0394. The fourth-order valence-corrected chi connectivity index (χ4v) is 5.55. The molecule has 0 bridgehead atoms. The highest BCUT2D eigenvalue weighted by molar-refractivity contribution is 5.81. The summed E-state index contributed by atoms with van der Waals surface area (Å²) in [5, 5.41) is 9.45. The van der Waals surface area contributed by atoms with Gasteiger partial charge in [-0.1, -0.05) is 12.5 Å². The normalized spacial score (nSPS) is 30.0. The minimum atomic E-state index is 0.242. The summed E-state index contributed by atoms with van der Waals surface area (Å²) in [6.07, 6.45) is 11.6. The van der Waals surface area contributed by atoms with Crippen molar-refractivity contribution in [2.45, 2.75) is 76.4 Å². The zero-order valence-corrected chi connectivity index (χ0v) is 17.0. The Labute approximate surface area is 162 Å². The van der Waals surface area contributed by atoms with Crippen LogP contribution in [0.5, 0.6) is 5.88 Å². The van der Waals surface area contributed by atoms with Crippen molar-refractivity contribution in [2.24, 2.45) is 5.92 Å². The van der Waals surface area contributed by atoms with E-state index < -0.39 is 0 Å². The quantitative estimate of drug-likeness (QED) is 0.828. The first-order chi connectivity index (χ1) is 13.1. The fourth-order valence-electron chi connectivity index (χ4n) is 5.55. The number of hydrogen-bond donors (Lipinski definition) is 1. The zero-order chi connectivity index (χ0) is 19.0. The maximum Gasteiger partial charge on any atom is 0.224 e. The number of nitrogens with zero attached hydrogens (tertiary/aromatic N) is 3. The molecule has 148 valence electrons. The highest BCUT2D eigenvalue weighted by Crippen LogP contribution is 2.50. The summed E-state index contributed by atoms with van der Waals surface area (Å²) in [6.45, 7) is 2.54. The number of aliphatic hydroxyl groups is 1. The van der Waals surface area contributed by atoms with Gasteiger partial charge in [-0.15, -0.1) is 0 Å². The van der Waals surface area contributed by atoms with Crippen LogP contribution in [0.1, 0.15) is 69.5 Å². The number of aromatic nitrogens is 2. The predicted molar refractivity (Wildman–Crippen MR) is 107 cm³/mol. The first-order valence-electron chi connectivity index (χ1n) is 10.6. The number of aliphatic hydroxyl groups excluding tert-OH is 1. The molecule has 3 aliphatic rings. The SMILES string of the molecule is CC[C@]1(N(C)C)CC[C@H](Oc2ncnc3c2C2=C(CC[C@@H]2CCO)C3)CC1. The van der Waals surface area contributed by atoms with E-state index in [0.717, 1.165) is 55.7 Å².